The molecule has 0 unspecified atom stereocenters. The molecule has 0 heterocycles. The summed E-state index contributed by atoms with van der Waals surface area (Å²) < 4.78 is 0. The number of hydrogen-bond acceptors (Lipinski definition) is 2. The van der Waals surface area contributed by atoms with Gasteiger partial charge < -0.3 is 15.1 Å². The molecule has 0 fully saturated rings. The van der Waals surface area contributed by atoms with Crippen LogP contribution >= 0.6 is 24.0 Å². The number of likely N-dealkylation sites (N-methyl/N-ethyl adjacent to an activating group) is 1. The predicted molar refractivity (Wildman–Crippen MR) is 101 cm³/mol. The summed E-state index contributed by atoms with van der Waals surface area (Å²) in [6.45, 7) is 14.0. The Hall–Kier alpha value is -0.300. The average molecular weight is 396 g/mol. The first kappa shape index (κ1) is 22.0. The third-order valence-electron chi connectivity index (χ3n) is 3.19. The fourth-order valence-electron chi connectivity index (χ4n) is 1.62. The molecule has 0 aliphatic carbocycles. The molecule has 0 radical (unpaired) electrons. The molecule has 0 aromatic rings. The zero-order valence-corrected chi connectivity index (χ0v) is 16.2. The molecule has 0 atom stereocenters. The summed E-state index contributed by atoms with van der Waals surface area (Å²) in [5.41, 5.74) is 0. The van der Waals surface area contributed by atoms with Crippen molar-refractivity contribution in [3.05, 3.63) is 12.7 Å². The predicted octanol–water partition coefficient (Wildman–Crippen LogP) is 2.81. The number of nitrogens with zero attached hydrogens (tertiary/aromatic N) is 3. The fourth-order valence-corrected chi connectivity index (χ4v) is 1.62. The van der Waals surface area contributed by atoms with Crippen molar-refractivity contribution in [3.8, 4) is 0 Å². The van der Waals surface area contributed by atoms with Gasteiger partial charge in [-0.25, -0.2) is 0 Å². The van der Waals surface area contributed by atoms with Gasteiger partial charge in [0.05, 0.1) is 6.54 Å². The van der Waals surface area contributed by atoms with Gasteiger partial charge >= 0.3 is 0 Å². The normalized spacial score (nSPS) is 11.4. The Balaban J connectivity index is 0. The first-order valence-electron chi connectivity index (χ1n) is 7.33. The first-order valence-corrected chi connectivity index (χ1v) is 7.33. The number of unbranched alkanes of at least 4 members (excludes halogenated alkanes) is 1. The molecule has 0 aromatic heterocycles. The Labute approximate surface area is 142 Å². The third kappa shape index (κ3) is 10.5. The molecular formula is C15H33IN4. The number of rotatable bonds is 9. The molecule has 0 saturated heterocycles. The summed E-state index contributed by atoms with van der Waals surface area (Å²) >= 11 is 0. The molecule has 0 aliphatic rings. The summed E-state index contributed by atoms with van der Waals surface area (Å²) in [4.78, 5) is 9.19. The van der Waals surface area contributed by atoms with E-state index < -0.39 is 0 Å². The SMILES string of the molecule is C=CCCCN(C)C(=NCCN(C)C(C)C)NCC.I. The minimum Gasteiger partial charge on any atom is -0.357 e. The van der Waals surface area contributed by atoms with Crippen molar-refractivity contribution < 1.29 is 0 Å². The Morgan fingerprint density at radius 3 is 2.45 bits per heavy atom. The number of nitrogens with one attached hydrogen (secondary N) is 1. The van der Waals surface area contributed by atoms with Crippen LogP contribution in [-0.4, -0.2) is 62.1 Å². The molecular weight excluding hydrogens is 363 g/mol. The Bertz CT molecular complexity index is 267. The van der Waals surface area contributed by atoms with Crippen LogP contribution < -0.4 is 5.32 Å². The van der Waals surface area contributed by atoms with Crippen molar-refractivity contribution >= 4 is 29.9 Å². The highest BCUT2D eigenvalue weighted by atomic mass is 127. The van der Waals surface area contributed by atoms with Gasteiger partial charge in [-0.3, -0.25) is 4.99 Å². The lowest BCUT2D eigenvalue weighted by Crippen LogP contribution is -2.40. The van der Waals surface area contributed by atoms with E-state index in [0.717, 1.165) is 45.0 Å². The Kier molecular flexibility index (Phi) is 15.0. The van der Waals surface area contributed by atoms with Crippen LogP contribution in [0, 0.1) is 0 Å². The maximum Gasteiger partial charge on any atom is 0.193 e. The monoisotopic (exact) mass is 396 g/mol. The minimum atomic E-state index is 0. The minimum absolute atomic E-state index is 0. The molecule has 0 saturated carbocycles. The molecule has 0 aromatic carbocycles. The molecule has 0 amide bonds. The Morgan fingerprint density at radius 1 is 1.30 bits per heavy atom. The van der Waals surface area contributed by atoms with Crippen molar-refractivity contribution in [2.24, 2.45) is 4.99 Å². The molecule has 0 aliphatic heterocycles. The number of allylic oxidation sites excluding steroid dienone is 1. The molecule has 5 heteroatoms. The molecule has 120 valence electrons. The summed E-state index contributed by atoms with van der Waals surface area (Å²) in [5.74, 6) is 1.00. The van der Waals surface area contributed by atoms with Crippen LogP contribution in [0.2, 0.25) is 0 Å². The van der Waals surface area contributed by atoms with Gasteiger partial charge in [-0.2, -0.15) is 0 Å². The lowest BCUT2D eigenvalue weighted by atomic mass is 10.3. The smallest absolute Gasteiger partial charge is 0.193 e. The summed E-state index contributed by atoms with van der Waals surface area (Å²) in [6.07, 6.45) is 4.14. The van der Waals surface area contributed by atoms with Crippen LogP contribution in [0.3, 0.4) is 0 Å². The standard InChI is InChI=1S/C15H32N4.HI/c1-7-9-10-12-19(6)15(16-8-2)17-11-13-18(5)14(3)4;/h7,14H,1,8-13H2,2-6H3,(H,16,17);1H. The largest absolute Gasteiger partial charge is 0.357 e. The second-order valence-electron chi connectivity index (χ2n) is 5.16. The average Bonchev–Trinajstić information content (AvgIpc) is 2.37. The van der Waals surface area contributed by atoms with E-state index in [1.54, 1.807) is 0 Å². The van der Waals surface area contributed by atoms with Gasteiger partial charge in [0.2, 0.25) is 0 Å². The maximum atomic E-state index is 4.68. The number of halogens is 1. The van der Waals surface area contributed by atoms with Gasteiger partial charge in [0, 0.05) is 32.7 Å². The van der Waals surface area contributed by atoms with Crippen LogP contribution in [0.15, 0.2) is 17.6 Å². The second-order valence-corrected chi connectivity index (χ2v) is 5.16. The van der Waals surface area contributed by atoms with E-state index >= 15 is 0 Å². The zero-order valence-electron chi connectivity index (χ0n) is 13.9. The van der Waals surface area contributed by atoms with Crippen molar-refractivity contribution in [2.45, 2.75) is 39.7 Å². The van der Waals surface area contributed by atoms with Gasteiger partial charge in [-0.05, 0) is 40.7 Å². The van der Waals surface area contributed by atoms with E-state index in [2.05, 4.69) is 61.6 Å². The van der Waals surface area contributed by atoms with Gasteiger partial charge in [0.1, 0.15) is 0 Å². The van der Waals surface area contributed by atoms with E-state index in [-0.39, 0.29) is 24.0 Å². The topological polar surface area (TPSA) is 30.9 Å². The van der Waals surface area contributed by atoms with E-state index in [0.29, 0.717) is 6.04 Å². The Morgan fingerprint density at radius 2 is 1.95 bits per heavy atom. The highest BCUT2D eigenvalue weighted by molar-refractivity contribution is 14.0. The number of hydrogen-bond donors (Lipinski definition) is 1. The molecule has 0 rings (SSSR count). The molecule has 1 N–H and O–H groups in total. The van der Waals surface area contributed by atoms with E-state index in [4.69, 9.17) is 0 Å². The lowest BCUT2D eigenvalue weighted by molar-refractivity contribution is 0.281. The first-order chi connectivity index (χ1) is 9.02. The zero-order chi connectivity index (χ0) is 14.7. The highest BCUT2D eigenvalue weighted by Crippen LogP contribution is 1.96. The molecule has 0 spiro atoms. The van der Waals surface area contributed by atoms with E-state index in [9.17, 15) is 0 Å². The van der Waals surface area contributed by atoms with Crippen LogP contribution in [-0.2, 0) is 0 Å². The summed E-state index contributed by atoms with van der Waals surface area (Å²) in [7, 11) is 4.23. The van der Waals surface area contributed by atoms with Crippen molar-refractivity contribution in [2.75, 3.05) is 40.3 Å². The lowest BCUT2D eigenvalue weighted by Gasteiger charge is -2.23. The van der Waals surface area contributed by atoms with Crippen LogP contribution in [0.5, 0.6) is 0 Å². The van der Waals surface area contributed by atoms with Crippen molar-refractivity contribution in [1.82, 2.24) is 15.1 Å². The summed E-state index contributed by atoms with van der Waals surface area (Å²) in [6, 6.07) is 0.572. The molecule has 0 bridgehead atoms. The van der Waals surface area contributed by atoms with Gasteiger partial charge in [-0.1, -0.05) is 6.08 Å². The van der Waals surface area contributed by atoms with Crippen LogP contribution in [0.4, 0.5) is 0 Å². The second kappa shape index (κ2) is 13.7. The van der Waals surface area contributed by atoms with Gasteiger partial charge in [-0.15, -0.1) is 30.6 Å². The quantitative estimate of drug-likeness (QED) is 0.214. The van der Waals surface area contributed by atoms with Gasteiger partial charge in [0.25, 0.3) is 0 Å². The highest BCUT2D eigenvalue weighted by Gasteiger charge is 2.06. The van der Waals surface area contributed by atoms with Crippen LogP contribution in [0.25, 0.3) is 0 Å². The van der Waals surface area contributed by atoms with E-state index in [1.165, 1.54) is 0 Å². The molecule has 20 heavy (non-hydrogen) atoms. The fraction of sp³-hybridized carbons (Fsp3) is 0.800. The number of guanidine groups is 1. The van der Waals surface area contributed by atoms with E-state index in [1.807, 2.05) is 6.08 Å². The molecule has 4 nitrogen and oxygen atoms in total. The van der Waals surface area contributed by atoms with Crippen molar-refractivity contribution in [1.29, 1.82) is 0 Å². The van der Waals surface area contributed by atoms with Crippen molar-refractivity contribution in [3.63, 3.8) is 0 Å². The van der Waals surface area contributed by atoms with Gasteiger partial charge in [0.15, 0.2) is 5.96 Å². The van der Waals surface area contributed by atoms with Crippen LogP contribution in [0.1, 0.15) is 33.6 Å². The third-order valence-corrected chi connectivity index (χ3v) is 3.19. The number of aliphatic imine (C=N–C) groups is 1. The summed E-state index contributed by atoms with van der Waals surface area (Å²) in [5, 5.41) is 3.34. The maximum absolute atomic E-state index is 4.68.